The third-order valence-electron chi connectivity index (χ3n) is 6.92. The first-order chi connectivity index (χ1) is 14.0. The van der Waals surface area contributed by atoms with E-state index in [2.05, 4.69) is 16.9 Å². The molecule has 0 aliphatic carbocycles. The van der Waals surface area contributed by atoms with Gasteiger partial charge in [-0.3, -0.25) is 4.79 Å². The Kier molecular flexibility index (Phi) is 5.08. The van der Waals surface area contributed by atoms with E-state index in [1.165, 1.54) is 13.3 Å². The molecule has 2 bridgehead atoms. The number of piperidine rings is 2. The van der Waals surface area contributed by atoms with Crippen molar-refractivity contribution in [3.63, 3.8) is 0 Å². The minimum atomic E-state index is -0.718. The van der Waals surface area contributed by atoms with Gasteiger partial charge in [-0.15, -0.1) is 0 Å². The van der Waals surface area contributed by atoms with E-state index in [0.29, 0.717) is 29.8 Å². The van der Waals surface area contributed by atoms with Crippen molar-refractivity contribution >= 4 is 16.9 Å². The number of pyridine rings is 1. The van der Waals surface area contributed by atoms with Gasteiger partial charge in [0, 0.05) is 30.1 Å². The van der Waals surface area contributed by atoms with Crippen LogP contribution in [0.4, 0.5) is 4.39 Å². The molecule has 30 heavy (non-hydrogen) atoms. The lowest BCUT2D eigenvalue weighted by Gasteiger charge is -2.53. The molecule has 1 amide bonds. The molecule has 7 heteroatoms. The van der Waals surface area contributed by atoms with Crippen LogP contribution in [0.3, 0.4) is 0 Å². The number of nitrogens with one attached hydrogen (secondary N) is 1. The Balaban J connectivity index is 1.62. The average molecular weight is 418 g/mol. The van der Waals surface area contributed by atoms with E-state index in [0.717, 1.165) is 18.4 Å². The number of carbonyl (C=O) groups is 1. The maximum absolute atomic E-state index is 15.0. The van der Waals surface area contributed by atoms with Crippen LogP contribution in [0.1, 0.15) is 65.4 Å². The Morgan fingerprint density at radius 1 is 1.40 bits per heavy atom. The van der Waals surface area contributed by atoms with Crippen molar-refractivity contribution in [2.45, 2.75) is 82.9 Å². The van der Waals surface area contributed by atoms with E-state index in [9.17, 15) is 14.3 Å². The second kappa shape index (κ2) is 7.22. The molecule has 2 saturated heterocycles. The first-order valence-electron chi connectivity index (χ1n) is 10.8. The number of methoxy groups -OCH3 is 1. The number of nitrogens with zero attached hydrogens (tertiary/aromatic N) is 2. The van der Waals surface area contributed by atoms with Gasteiger partial charge < -0.3 is 19.7 Å². The number of carbonyl (C=O) groups excluding carboxylic acids is 1. The fraction of sp³-hybridized carbons (Fsp3) is 0.652. The van der Waals surface area contributed by atoms with Crippen LogP contribution in [0.15, 0.2) is 12.4 Å². The van der Waals surface area contributed by atoms with Crippen LogP contribution in [0.25, 0.3) is 11.0 Å². The first kappa shape index (κ1) is 21.1. The van der Waals surface area contributed by atoms with Gasteiger partial charge in [-0.1, -0.05) is 20.8 Å². The van der Waals surface area contributed by atoms with Crippen LogP contribution >= 0.6 is 0 Å². The Morgan fingerprint density at radius 2 is 2.03 bits per heavy atom. The zero-order valence-electron chi connectivity index (χ0n) is 18.5. The van der Waals surface area contributed by atoms with E-state index < -0.39 is 16.8 Å². The maximum atomic E-state index is 15.0. The molecule has 164 valence electrons. The van der Waals surface area contributed by atoms with Gasteiger partial charge >= 0.3 is 0 Å². The maximum Gasteiger partial charge on any atom is 0.223 e. The number of halogens is 1. The molecule has 2 aliphatic rings. The molecule has 2 aromatic heterocycles. The molecule has 2 aromatic rings. The average Bonchev–Trinajstić information content (AvgIpc) is 3.05. The third-order valence-corrected chi connectivity index (χ3v) is 6.92. The van der Waals surface area contributed by atoms with Crippen LogP contribution in [-0.4, -0.2) is 50.7 Å². The standard InChI is InChI=1S/C23H32FN3O3/c1-13-6-14-8-23(4,29)9-15(7-13)27(14)18(28)10-22(2,3)16-11-25-21-19(16)20(24)17(30-5)12-26-21/h11-15,29H,6-10H2,1-5H3,(H,25,26). The number of H-pyrrole nitrogens is 1. The van der Waals surface area contributed by atoms with Crippen molar-refractivity contribution in [1.29, 1.82) is 0 Å². The second-order valence-corrected chi connectivity index (χ2v) is 10.2. The minimum Gasteiger partial charge on any atom is -0.492 e. The molecule has 0 spiro atoms. The van der Waals surface area contributed by atoms with Crippen LogP contribution in [0, 0.1) is 11.7 Å². The van der Waals surface area contributed by atoms with Gasteiger partial charge in [-0.05, 0) is 44.1 Å². The van der Waals surface area contributed by atoms with E-state index >= 15 is 0 Å². The largest absolute Gasteiger partial charge is 0.492 e. The van der Waals surface area contributed by atoms with Gasteiger partial charge in [0.15, 0.2) is 11.6 Å². The highest BCUT2D eigenvalue weighted by molar-refractivity contribution is 5.85. The Bertz CT molecular complexity index is 950. The molecule has 6 nitrogen and oxygen atoms in total. The summed E-state index contributed by atoms with van der Waals surface area (Å²) in [7, 11) is 1.41. The number of rotatable bonds is 4. The lowest BCUT2D eigenvalue weighted by atomic mass is 9.72. The molecule has 2 unspecified atom stereocenters. The molecule has 0 saturated carbocycles. The topological polar surface area (TPSA) is 78.5 Å². The summed E-state index contributed by atoms with van der Waals surface area (Å²) in [4.78, 5) is 22.8. The monoisotopic (exact) mass is 417 g/mol. The number of aromatic amines is 1. The predicted octanol–water partition coefficient (Wildman–Crippen LogP) is 3.92. The van der Waals surface area contributed by atoms with Crippen molar-refractivity contribution < 1.29 is 19.0 Å². The first-order valence-corrected chi connectivity index (χ1v) is 10.8. The summed E-state index contributed by atoms with van der Waals surface area (Å²) in [5, 5.41) is 11.0. The number of aliphatic hydroxyl groups is 1. The van der Waals surface area contributed by atoms with Crippen molar-refractivity contribution in [1.82, 2.24) is 14.9 Å². The molecule has 4 heterocycles. The van der Waals surface area contributed by atoms with Gasteiger partial charge in [0.1, 0.15) is 5.65 Å². The van der Waals surface area contributed by atoms with Crippen molar-refractivity contribution in [2.75, 3.05) is 7.11 Å². The molecule has 2 atom stereocenters. The summed E-state index contributed by atoms with van der Waals surface area (Å²) in [5.41, 5.74) is -0.144. The zero-order valence-corrected chi connectivity index (χ0v) is 18.5. The molecular weight excluding hydrogens is 385 g/mol. The van der Waals surface area contributed by atoms with Crippen LogP contribution in [0.5, 0.6) is 5.75 Å². The summed E-state index contributed by atoms with van der Waals surface area (Å²) in [6, 6.07) is 0.125. The predicted molar refractivity (Wildman–Crippen MR) is 113 cm³/mol. The molecular formula is C23H32FN3O3. The van der Waals surface area contributed by atoms with Gasteiger partial charge in [0.25, 0.3) is 0 Å². The summed E-state index contributed by atoms with van der Waals surface area (Å²) >= 11 is 0. The van der Waals surface area contributed by atoms with Gasteiger partial charge in [0.2, 0.25) is 5.91 Å². The second-order valence-electron chi connectivity index (χ2n) is 10.2. The van der Waals surface area contributed by atoms with Crippen LogP contribution in [-0.2, 0) is 10.2 Å². The molecule has 0 radical (unpaired) electrons. The zero-order chi connectivity index (χ0) is 21.8. The van der Waals surface area contributed by atoms with E-state index in [-0.39, 0.29) is 30.2 Å². The number of fused-ring (bicyclic) bond motifs is 3. The lowest BCUT2D eigenvalue weighted by Crippen LogP contribution is -2.60. The van der Waals surface area contributed by atoms with Gasteiger partial charge in [-0.25, -0.2) is 9.37 Å². The molecule has 4 rings (SSSR count). The summed E-state index contributed by atoms with van der Waals surface area (Å²) in [5.74, 6) is 0.253. The number of aromatic nitrogens is 2. The van der Waals surface area contributed by atoms with Gasteiger partial charge in [0.05, 0.1) is 24.3 Å². The Morgan fingerprint density at radius 3 is 2.63 bits per heavy atom. The van der Waals surface area contributed by atoms with Gasteiger partial charge in [-0.2, -0.15) is 0 Å². The fourth-order valence-electron chi connectivity index (χ4n) is 5.70. The summed E-state index contributed by atoms with van der Waals surface area (Å²) < 4.78 is 20.1. The van der Waals surface area contributed by atoms with Crippen molar-refractivity contribution in [2.24, 2.45) is 5.92 Å². The van der Waals surface area contributed by atoms with E-state index in [1.54, 1.807) is 6.20 Å². The Labute approximate surface area is 176 Å². The normalized spacial score (nSPS) is 29.3. The number of amides is 1. The summed E-state index contributed by atoms with van der Waals surface area (Å²) in [6.45, 7) is 8.03. The number of hydrogen-bond acceptors (Lipinski definition) is 4. The number of ether oxygens (including phenoxy) is 1. The minimum absolute atomic E-state index is 0.0623. The Hall–Kier alpha value is -2.15. The SMILES string of the molecule is COc1cnc2[nH]cc(C(C)(C)CC(=O)N3C4CC(C)CC3CC(C)(O)C4)c2c1F. The van der Waals surface area contributed by atoms with Crippen LogP contribution < -0.4 is 4.74 Å². The highest BCUT2D eigenvalue weighted by Gasteiger charge is 2.47. The molecule has 2 fully saturated rings. The highest BCUT2D eigenvalue weighted by Crippen LogP contribution is 2.43. The highest BCUT2D eigenvalue weighted by atomic mass is 19.1. The molecule has 2 aliphatic heterocycles. The summed E-state index contributed by atoms with van der Waals surface area (Å²) in [6.07, 6.45) is 6.44. The lowest BCUT2D eigenvalue weighted by molar-refractivity contribution is -0.152. The molecule has 2 N–H and O–H groups in total. The fourth-order valence-corrected chi connectivity index (χ4v) is 5.70. The third kappa shape index (κ3) is 3.57. The van der Waals surface area contributed by atoms with E-state index in [1.807, 2.05) is 25.7 Å². The van der Waals surface area contributed by atoms with Crippen LogP contribution in [0.2, 0.25) is 0 Å². The smallest absolute Gasteiger partial charge is 0.223 e. The quantitative estimate of drug-likeness (QED) is 0.790. The van der Waals surface area contributed by atoms with Crippen molar-refractivity contribution in [3.8, 4) is 5.75 Å². The van der Waals surface area contributed by atoms with E-state index in [4.69, 9.17) is 4.74 Å². The molecule has 0 aromatic carbocycles. The number of hydrogen-bond donors (Lipinski definition) is 2. The van der Waals surface area contributed by atoms with Crippen molar-refractivity contribution in [3.05, 3.63) is 23.8 Å².